The molecular formula is C15H23N3O. The monoisotopic (exact) mass is 261 g/mol. The predicted octanol–water partition coefficient (Wildman–Crippen LogP) is 2.70. The van der Waals surface area contributed by atoms with Crippen LogP contribution in [0, 0.1) is 12.3 Å². The van der Waals surface area contributed by atoms with Crippen molar-refractivity contribution >= 4 is 12.1 Å². The number of aromatic nitrogens is 2. The Bertz CT molecular complexity index is 476. The van der Waals surface area contributed by atoms with Gasteiger partial charge in [0.25, 0.3) is 0 Å². The molecule has 104 valence electrons. The molecule has 0 radical (unpaired) electrons. The van der Waals surface area contributed by atoms with Crippen molar-refractivity contribution in [3.8, 4) is 0 Å². The molecule has 2 aliphatic rings. The highest BCUT2D eigenvalue weighted by molar-refractivity contribution is 5.84. The molecule has 0 unspecified atom stereocenters. The Morgan fingerprint density at radius 1 is 1.16 bits per heavy atom. The number of hydrogen-bond donors (Lipinski definition) is 0. The first-order chi connectivity index (χ1) is 9.15. The Morgan fingerprint density at radius 2 is 1.79 bits per heavy atom. The Hall–Kier alpha value is -1.32. The Morgan fingerprint density at radius 3 is 2.37 bits per heavy atom. The number of piperidine rings is 1. The molecule has 3 rings (SSSR count). The number of carbonyl (C=O) groups excluding carboxylic acids is 1. The van der Waals surface area contributed by atoms with Crippen LogP contribution in [0.1, 0.15) is 54.6 Å². The third-order valence-electron chi connectivity index (χ3n) is 5.14. The van der Waals surface area contributed by atoms with Crippen LogP contribution in [0.15, 0.2) is 0 Å². The van der Waals surface area contributed by atoms with Gasteiger partial charge in [0.15, 0.2) is 6.29 Å². The van der Waals surface area contributed by atoms with Gasteiger partial charge in [-0.3, -0.25) is 9.48 Å². The van der Waals surface area contributed by atoms with Gasteiger partial charge in [-0.1, -0.05) is 12.8 Å². The van der Waals surface area contributed by atoms with Crippen LogP contribution in [0.25, 0.3) is 0 Å². The normalized spacial score (nSPS) is 22.1. The number of carbonyl (C=O) groups is 1. The number of aldehydes is 1. The molecule has 1 spiro atoms. The lowest BCUT2D eigenvalue weighted by atomic mass is 9.77. The SMILES string of the molecule is Cc1nn(C)c(N2CCC3(CCCC3)CC2)c1C=O. The zero-order chi connectivity index (χ0) is 13.5. The van der Waals surface area contributed by atoms with Crippen molar-refractivity contribution in [1.82, 2.24) is 9.78 Å². The molecule has 0 atom stereocenters. The fourth-order valence-electron chi connectivity index (χ4n) is 3.99. The summed E-state index contributed by atoms with van der Waals surface area (Å²) in [6.07, 6.45) is 9.13. The number of hydrogen-bond acceptors (Lipinski definition) is 3. The van der Waals surface area contributed by atoms with E-state index in [0.717, 1.165) is 36.5 Å². The molecule has 0 bridgehead atoms. The maximum Gasteiger partial charge on any atom is 0.155 e. The Balaban J connectivity index is 1.80. The second-order valence-corrected chi connectivity index (χ2v) is 6.26. The molecule has 1 aromatic rings. The molecule has 0 N–H and O–H groups in total. The minimum atomic E-state index is 0.617. The second kappa shape index (κ2) is 4.66. The maximum absolute atomic E-state index is 11.3. The largest absolute Gasteiger partial charge is 0.356 e. The highest BCUT2D eigenvalue weighted by Crippen LogP contribution is 2.46. The molecule has 1 saturated heterocycles. The molecule has 2 heterocycles. The van der Waals surface area contributed by atoms with Crippen molar-refractivity contribution in [1.29, 1.82) is 0 Å². The van der Waals surface area contributed by atoms with Crippen LogP contribution in [0.4, 0.5) is 5.82 Å². The molecule has 1 saturated carbocycles. The van der Waals surface area contributed by atoms with E-state index in [4.69, 9.17) is 0 Å². The van der Waals surface area contributed by atoms with Crippen molar-refractivity contribution in [3.05, 3.63) is 11.3 Å². The quantitative estimate of drug-likeness (QED) is 0.768. The summed E-state index contributed by atoms with van der Waals surface area (Å²) >= 11 is 0. The third kappa shape index (κ3) is 2.07. The lowest BCUT2D eigenvalue weighted by Crippen LogP contribution is -2.40. The smallest absolute Gasteiger partial charge is 0.155 e. The average Bonchev–Trinajstić information content (AvgIpc) is 2.96. The Kier molecular flexibility index (Phi) is 3.11. The summed E-state index contributed by atoms with van der Waals surface area (Å²) in [5.74, 6) is 1.01. The highest BCUT2D eigenvalue weighted by Gasteiger charge is 2.37. The predicted molar refractivity (Wildman–Crippen MR) is 75.7 cm³/mol. The van der Waals surface area contributed by atoms with Crippen LogP contribution in [0.3, 0.4) is 0 Å². The van der Waals surface area contributed by atoms with E-state index < -0.39 is 0 Å². The van der Waals surface area contributed by atoms with E-state index in [1.165, 1.54) is 38.5 Å². The van der Waals surface area contributed by atoms with E-state index in [1.54, 1.807) is 0 Å². The summed E-state index contributed by atoms with van der Waals surface area (Å²) in [6, 6.07) is 0. The maximum atomic E-state index is 11.3. The van der Waals surface area contributed by atoms with Crippen LogP contribution < -0.4 is 4.90 Å². The van der Waals surface area contributed by atoms with Crippen molar-refractivity contribution in [2.24, 2.45) is 12.5 Å². The van der Waals surface area contributed by atoms with Gasteiger partial charge in [-0.25, -0.2) is 0 Å². The summed E-state index contributed by atoms with van der Waals surface area (Å²) in [4.78, 5) is 13.6. The van der Waals surface area contributed by atoms with Crippen LogP contribution in [-0.4, -0.2) is 29.2 Å². The molecule has 0 amide bonds. The van der Waals surface area contributed by atoms with Gasteiger partial charge >= 0.3 is 0 Å². The zero-order valence-electron chi connectivity index (χ0n) is 12.0. The summed E-state index contributed by atoms with van der Waals surface area (Å²) in [6.45, 7) is 4.05. The molecular weight excluding hydrogens is 238 g/mol. The van der Waals surface area contributed by atoms with E-state index in [2.05, 4.69) is 10.00 Å². The van der Waals surface area contributed by atoms with Gasteiger partial charge in [-0.2, -0.15) is 5.10 Å². The van der Waals surface area contributed by atoms with Crippen LogP contribution >= 0.6 is 0 Å². The fraction of sp³-hybridized carbons (Fsp3) is 0.733. The first-order valence-electron chi connectivity index (χ1n) is 7.39. The topological polar surface area (TPSA) is 38.1 Å². The number of anilines is 1. The molecule has 19 heavy (non-hydrogen) atoms. The van der Waals surface area contributed by atoms with Gasteiger partial charge in [0.1, 0.15) is 5.82 Å². The van der Waals surface area contributed by atoms with Crippen LogP contribution in [0.2, 0.25) is 0 Å². The van der Waals surface area contributed by atoms with Crippen LogP contribution in [0.5, 0.6) is 0 Å². The average molecular weight is 261 g/mol. The van der Waals surface area contributed by atoms with Crippen LogP contribution in [-0.2, 0) is 7.05 Å². The standard InChI is InChI=1S/C15H23N3O/c1-12-13(11-19)14(17(2)16-12)18-9-7-15(8-10-18)5-3-4-6-15/h11H,3-10H2,1-2H3. The molecule has 1 aromatic heterocycles. The van der Waals surface area contributed by atoms with E-state index in [9.17, 15) is 4.79 Å². The molecule has 2 fully saturated rings. The molecule has 1 aliphatic carbocycles. The van der Waals surface area contributed by atoms with Gasteiger partial charge < -0.3 is 4.90 Å². The molecule has 4 nitrogen and oxygen atoms in total. The first-order valence-corrected chi connectivity index (χ1v) is 7.39. The summed E-state index contributed by atoms with van der Waals surface area (Å²) < 4.78 is 1.87. The third-order valence-corrected chi connectivity index (χ3v) is 5.14. The fourth-order valence-corrected chi connectivity index (χ4v) is 3.99. The van der Waals surface area contributed by atoms with Gasteiger partial charge in [0.2, 0.25) is 0 Å². The van der Waals surface area contributed by atoms with E-state index in [-0.39, 0.29) is 0 Å². The van der Waals surface area contributed by atoms with Crippen molar-refractivity contribution in [3.63, 3.8) is 0 Å². The summed E-state index contributed by atoms with van der Waals surface area (Å²) in [5, 5.41) is 4.39. The minimum absolute atomic E-state index is 0.617. The van der Waals surface area contributed by atoms with E-state index >= 15 is 0 Å². The molecule has 1 aliphatic heterocycles. The second-order valence-electron chi connectivity index (χ2n) is 6.26. The van der Waals surface area contributed by atoms with Gasteiger partial charge in [0.05, 0.1) is 11.3 Å². The number of nitrogens with zero attached hydrogens (tertiary/aromatic N) is 3. The van der Waals surface area contributed by atoms with Gasteiger partial charge in [0, 0.05) is 20.1 Å². The Labute approximate surface area is 114 Å². The first kappa shape index (κ1) is 12.7. The minimum Gasteiger partial charge on any atom is -0.356 e. The van der Waals surface area contributed by atoms with Gasteiger partial charge in [-0.05, 0) is 38.0 Å². The number of rotatable bonds is 2. The van der Waals surface area contributed by atoms with Gasteiger partial charge in [-0.15, -0.1) is 0 Å². The zero-order valence-corrected chi connectivity index (χ0v) is 12.0. The highest BCUT2D eigenvalue weighted by atomic mass is 16.1. The van der Waals surface area contributed by atoms with Crippen molar-refractivity contribution in [2.75, 3.05) is 18.0 Å². The lowest BCUT2D eigenvalue weighted by Gasteiger charge is -2.40. The van der Waals surface area contributed by atoms with E-state index in [1.807, 2.05) is 18.7 Å². The van der Waals surface area contributed by atoms with Crippen molar-refractivity contribution in [2.45, 2.75) is 45.4 Å². The lowest BCUT2D eigenvalue weighted by molar-refractivity contribution is 0.112. The molecule has 0 aromatic carbocycles. The van der Waals surface area contributed by atoms with Crippen molar-refractivity contribution < 1.29 is 4.79 Å². The van der Waals surface area contributed by atoms with E-state index in [0.29, 0.717) is 5.41 Å². The molecule has 4 heteroatoms. The summed E-state index contributed by atoms with van der Waals surface area (Å²) in [5.41, 5.74) is 2.23. The number of aryl methyl sites for hydroxylation is 2. The summed E-state index contributed by atoms with van der Waals surface area (Å²) in [7, 11) is 1.94.